The molecule has 1 atom stereocenters. The van der Waals surface area contributed by atoms with Gasteiger partial charge in [0.05, 0.1) is 6.04 Å². The molecule has 0 saturated carbocycles. The lowest BCUT2D eigenvalue weighted by molar-refractivity contribution is 0.0943. The van der Waals surface area contributed by atoms with Crippen LogP contribution in [0.15, 0.2) is 71.4 Å². The van der Waals surface area contributed by atoms with Crippen LogP contribution in [-0.2, 0) is 0 Å². The lowest BCUT2D eigenvalue weighted by Crippen LogP contribution is -2.29. The van der Waals surface area contributed by atoms with E-state index in [2.05, 4.69) is 15.3 Å². The molecule has 0 radical (unpaired) electrons. The molecule has 0 aliphatic rings. The van der Waals surface area contributed by atoms with Gasteiger partial charge in [-0.1, -0.05) is 37.6 Å². The zero-order valence-electron chi connectivity index (χ0n) is 16.1. The number of nitrogens with one attached hydrogen (secondary N) is 1. The molecule has 1 amide bonds. The SMILES string of the molecule is CC(C)c1nc2cc(C(=O)N[C@H](c3ccncc3)c3ccc(Cl)cc3)ccc2o1. The average molecular weight is 406 g/mol. The molecule has 0 bridgehead atoms. The highest BCUT2D eigenvalue weighted by atomic mass is 35.5. The summed E-state index contributed by atoms with van der Waals surface area (Å²) in [5.74, 6) is 0.645. The molecular formula is C23H20ClN3O2. The summed E-state index contributed by atoms with van der Waals surface area (Å²) in [5.41, 5.74) is 3.73. The first-order chi connectivity index (χ1) is 14.0. The molecule has 5 nitrogen and oxygen atoms in total. The monoisotopic (exact) mass is 405 g/mol. The van der Waals surface area contributed by atoms with Gasteiger partial charge in [0.2, 0.25) is 0 Å². The highest BCUT2D eigenvalue weighted by molar-refractivity contribution is 6.30. The fraction of sp³-hybridized carbons (Fsp3) is 0.174. The Morgan fingerprint density at radius 3 is 2.38 bits per heavy atom. The molecule has 0 aliphatic carbocycles. The molecule has 146 valence electrons. The van der Waals surface area contributed by atoms with Crippen molar-refractivity contribution in [2.45, 2.75) is 25.8 Å². The van der Waals surface area contributed by atoms with Gasteiger partial charge in [0.1, 0.15) is 5.52 Å². The third-order valence-electron chi connectivity index (χ3n) is 4.68. The highest BCUT2D eigenvalue weighted by Gasteiger charge is 2.19. The Bertz CT molecular complexity index is 1140. The van der Waals surface area contributed by atoms with Crippen LogP contribution in [0, 0.1) is 0 Å². The van der Waals surface area contributed by atoms with Gasteiger partial charge in [-0.15, -0.1) is 0 Å². The molecule has 0 unspecified atom stereocenters. The summed E-state index contributed by atoms with van der Waals surface area (Å²) in [6.07, 6.45) is 3.42. The smallest absolute Gasteiger partial charge is 0.252 e. The van der Waals surface area contributed by atoms with Crippen molar-refractivity contribution < 1.29 is 9.21 Å². The van der Waals surface area contributed by atoms with E-state index in [1.807, 2.05) is 50.2 Å². The van der Waals surface area contributed by atoms with E-state index in [0.29, 0.717) is 27.6 Å². The van der Waals surface area contributed by atoms with Crippen LogP contribution in [0.3, 0.4) is 0 Å². The van der Waals surface area contributed by atoms with Gasteiger partial charge in [0.15, 0.2) is 11.5 Å². The van der Waals surface area contributed by atoms with Gasteiger partial charge in [-0.05, 0) is 53.6 Å². The quantitative estimate of drug-likeness (QED) is 0.474. The van der Waals surface area contributed by atoms with E-state index in [1.165, 1.54) is 0 Å². The van der Waals surface area contributed by atoms with Gasteiger partial charge in [0.25, 0.3) is 5.91 Å². The lowest BCUT2D eigenvalue weighted by atomic mass is 9.99. The van der Waals surface area contributed by atoms with E-state index in [4.69, 9.17) is 16.0 Å². The van der Waals surface area contributed by atoms with Crippen molar-refractivity contribution in [3.05, 3.63) is 94.6 Å². The van der Waals surface area contributed by atoms with Gasteiger partial charge in [-0.3, -0.25) is 9.78 Å². The predicted molar refractivity (Wildman–Crippen MR) is 113 cm³/mol. The molecule has 2 aromatic heterocycles. The number of hydrogen-bond acceptors (Lipinski definition) is 4. The Hall–Kier alpha value is -3.18. The second-order valence-electron chi connectivity index (χ2n) is 7.13. The molecular weight excluding hydrogens is 386 g/mol. The van der Waals surface area contributed by atoms with Crippen molar-refractivity contribution >= 4 is 28.6 Å². The molecule has 4 aromatic rings. The van der Waals surface area contributed by atoms with Crippen LogP contribution >= 0.6 is 11.6 Å². The van der Waals surface area contributed by atoms with Gasteiger partial charge in [-0.25, -0.2) is 4.98 Å². The summed E-state index contributed by atoms with van der Waals surface area (Å²) in [6.45, 7) is 4.04. The van der Waals surface area contributed by atoms with Crippen LogP contribution in [0.1, 0.15) is 53.2 Å². The van der Waals surface area contributed by atoms with Crippen molar-refractivity contribution in [2.24, 2.45) is 0 Å². The molecule has 2 aromatic carbocycles. The Kier molecular flexibility index (Phi) is 5.32. The molecule has 0 spiro atoms. The minimum Gasteiger partial charge on any atom is -0.440 e. The number of carbonyl (C=O) groups is 1. The number of benzene rings is 2. The maximum Gasteiger partial charge on any atom is 0.252 e. The first-order valence-corrected chi connectivity index (χ1v) is 9.76. The van der Waals surface area contributed by atoms with Crippen LogP contribution in [0.5, 0.6) is 0 Å². The molecule has 0 aliphatic heterocycles. The lowest BCUT2D eigenvalue weighted by Gasteiger charge is -2.20. The van der Waals surface area contributed by atoms with Crippen LogP contribution in [0.25, 0.3) is 11.1 Å². The molecule has 0 saturated heterocycles. The van der Waals surface area contributed by atoms with Crippen LogP contribution in [0.2, 0.25) is 5.02 Å². The summed E-state index contributed by atoms with van der Waals surface area (Å²) < 4.78 is 5.73. The van der Waals surface area contributed by atoms with Crippen molar-refractivity contribution in [1.29, 1.82) is 0 Å². The van der Waals surface area contributed by atoms with Crippen LogP contribution < -0.4 is 5.32 Å². The third kappa shape index (κ3) is 4.15. The van der Waals surface area contributed by atoms with Crippen molar-refractivity contribution in [2.75, 3.05) is 0 Å². The van der Waals surface area contributed by atoms with Crippen molar-refractivity contribution in [3.63, 3.8) is 0 Å². The number of hydrogen-bond donors (Lipinski definition) is 1. The Balaban J connectivity index is 1.65. The molecule has 4 rings (SSSR count). The van der Waals surface area contributed by atoms with E-state index in [9.17, 15) is 4.79 Å². The zero-order valence-corrected chi connectivity index (χ0v) is 16.9. The zero-order chi connectivity index (χ0) is 20.4. The number of halogens is 1. The van der Waals surface area contributed by atoms with E-state index in [0.717, 1.165) is 11.1 Å². The number of nitrogens with zero attached hydrogens (tertiary/aromatic N) is 2. The normalized spacial score (nSPS) is 12.3. The number of pyridine rings is 1. The first-order valence-electron chi connectivity index (χ1n) is 9.38. The van der Waals surface area contributed by atoms with Crippen LogP contribution in [0.4, 0.5) is 0 Å². The van der Waals surface area contributed by atoms with E-state index >= 15 is 0 Å². The van der Waals surface area contributed by atoms with Gasteiger partial charge >= 0.3 is 0 Å². The summed E-state index contributed by atoms with van der Waals surface area (Å²) in [7, 11) is 0. The van der Waals surface area contributed by atoms with Gasteiger partial charge in [-0.2, -0.15) is 0 Å². The molecule has 0 fully saturated rings. The van der Waals surface area contributed by atoms with E-state index in [1.54, 1.807) is 30.6 Å². The maximum absolute atomic E-state index is 13.0. The number of rotatable bonds is 5. The Morgan fingerprint density at radius 1 is 1.00 bits per heavy atom. The Morgan fingerprint density at radius 2 is 1.69 bits per heavy atom. The predicted octanol–water partition coefficient (Wildman–Crippen LogP) is 5.52. The van der Waals surface area contributed by atoms with E-state index in [-0.39, 0.29) is 17.9 Å². The first kappa shape index (κ1) is 19.2. The number of fused-ring (bicyclic) bond motifs is 1. The van der Waals surface area contributed by atoms with E-state index < -0.39 is 0 Å². The Labute approximate surface area is 173 Å². The number of carbonyl (C=O) groups excluding carboxylic acids is 1. The fourth-order valence-electron chi connectivity index (χ4n) is 3.12. The number of oxazole rings is 1. The molecule has 6 heteroatoms. The van der Waals surface area contributed by atoms with Gasteiger partial charge < -0.3 is 9.73 Å². The van der Waals surface area contributed by atoms with Gasteiger partial charge in [0, 0.05) is 28.9 Å². The third-order valence-corrected chi connectivity index (χ3v) is 4.93. The number of aromatic nitrogens is 2. The van der Waals surface area contributed by atoms with Crippen LogP contribution in [-0.4, -0.2) is 15.9 Å². The maximum atomic E-state index is 13.0. The molecule has 29 heavy (non-hydrogen) atoms. The molecule has 2 heterocycles. The second kappa shape index (κ2) is 8.05. The summed E-state index contributed by atoms with van der Waals surface area (Å²) in [4.78, 5) is 21.6. The molecule has 1 N–H and O–H groups in total. The summed E-state index contributed by atoms with van der Waals surface area (Å²) in [6, 6.07) is 16.2. The van der Waals surface area contributed by atoms with Crippen molar-refractivity contribution in [3.8, 4) is 0 Å². The minimum atomic E-state index is -0.331. The summed E-state index contributed by atoms with van der Waals surface area (Å²) >= 11 is 6.03. The average Bonchev–Trinajstić information content (AvgIpc) is 3.17. The second-order valence-corrected chi connectivity index (χ2v) is 7.56. The largest absolute Gasteiger partial charge is 0.440 e. The topological polar surface area (TPSA) is 68.0 Å². The summed E-state index contributed by atoms with van der Waals surface area (Å²) in [5, 5.41) is 3.76. The fourth-order valence-corrected chi connectivity index (χ4v) is 3.24. The highest BCUT2D eigenvalue weighted by Crippen LogP contribution is 2.25. The number of amides is 1. The standard InChI is InChI=1S/C23H20ClN3O2/c1-14(2)23-26-19-13-17(5-8-20(19)29-23)22(28)27-21(16-9-11-25-12-10-16)15-3-6-18(24)7-4-15/h3-14,21H,1-2H3,(H,27,28)/t21-/m0/s1. The minimum absolute atomic E-state index is 0.181. The van der Waals surface area contributed by atoms with Crippen molar-refractivity contribution in [1.82, 2.24) is 15.3 Å².